The van der Waals surface area contributed by atoms with Crippen molar-refractivity contribution >= 4 is 29.5 Å². The molecule has 0 N–H and O–H groups in total. The molecule has 184 valence electrons. The molecule has 0 aliphatic carbocycles. The molecule has 4 nitrogen and oxygen atoms in total. The average molecular weight is 512 g/mol. The molecule has 0 saturated heterocycles. The quantitative estimate of drug-likeness (QED) is 0.364. The van der Waals surface area contributed by atoms with Gasteiger partial charge < -0.3 is 4.74 Å². The molecular weight excluding hydrogens is 491 g/mol. The summed E-state index contributed by atoms with van der Waals surface area (Å²) < 4.78 is 48.8. The summed E-state index contributed by atoms with van der Waals surface area (Å²) in [6.07, 6.45) is -1.72. The third-order valence-corrected chi connectivity index (χ3v) is 6.79. The van der Waals surface area contributed by atoms with Crippen LogP contribution in [-0.4, -0.2) is 28.9 Å². The summed E-state index contributed by atoms with van der Waals surface area (Å²) in [6, 6.07) is 15.2. The molecule has 0 fully saturated rings. The number of ether oxygens (including phenoxy) is 1. The lowest BCUT2D eigenvalue weighted by Crippen LogP contribution is -2.46. The van der Waals surface area contributed by atoms with E-state index < -0.39 is 24.2 Å². The van der Waals surface area contributed by atoms with Crippen molar-refractivity contribution in [3.05, 3.63) is 105 Å². The van der Waals surface area contributed by atoms with E-state index in [1.54, 1.807) is 68.5 Å². The van der Waals surface area contributed by atoms with Crippen LogP contribution in [0.4, 0.5) is 13.2 Å². The Morgan fingerprint density at radius 2 is 1.69 bits per heavy atom. The van der Waals surface area contributed by atoms with Gasteiger partial charge in [0.1, 0.15) is 5.75 Å². The number of rotatable bonds is 4. The first-order valence-electron chi connectivity index (χ1n) is 11.3. The molecule has 2 atom stereocenters. The molecule has 8 heteroatoms. The highest BCUT2D eigenvalue weighted by Gasteiger charge is 2.61. The summed E-state index contributed by atoms with van der Waals surface area (Å²) in [5, 5.41) is 0.207. The third kappa shape index (κ3) is 3.88. The van der Waals surface area contributed by atoms with E-state index in [1.165, 1.54) is 23.1 Å². The lowest BCUT2D eigenvalue weighted by atomic mass is 9.87. The first-order valence-corrected chi connectivity index (χ1v) is 11.7. The van der Waals surface area contributed by atoms with Crippen LogP contribution < -0.4 is 4.74 Å². The van der Waals surface area contributed by atoms with Gasteiger partial charge in [-0.1, -0.05) is 48.0 Å². The lowest BCUT2D eigenvalue weighted by molar-refractivity contribution is -0.248. The fourth-order valence-corrected chi connectivity index (χ4v) is 5.09. The van der Waals surface area contributed by atoms with Gasteiger partial charge in [0.25, 0.3) is 11.8 Å². The molecule has 5 rings (SSSR count). The van der Waals surface area contributed by atoms with E-state index in [1.807, 2.05) is 0 Å². The number of imide groups is 1. The Bertz CT molecular complexity index is 1380. The number of aryl methyl sites for hydroxylation is 1. The first-order chi connectivity index (χ1) is 17.0. The number of carbonyl (C=O) groups is 2. The fourth-order valence-electron chi connectivity index (χ4n) is 4.80. The van der Waals surface area contributed by atoms with E-state index in [-0.39, 0.29) is 28.1 Å². The Kier molecular flexibility index (Phi) is 5.71. The standard InChI is InChI=1S/C28H21ClF3NO3/c1-16-11-20(14-21(29)12-16)27(28(30,31)32)15-19-13-18(9-10-24(19)36-27)8-7-17(2)33-25(34)22-5-3-4-6-23(22)26(33)35/h3-14,17H,15H2,1-2H3. The van der Waals surface area contributed by atoms with Crippen molar-refractivity contribution in [1.82, 2.24) is 4.90 Å². The largest absolute Gasteiger partial charge is 0.472 e. The van der Waals surface area contributed by atoms with Crippen molar-refractivity contribution in [1.29, 1.82) is 0 Å². The van der Waals surface area contributed by atoms with Gasteiger partial charge in [-0.15, -0.1) is 0 Å². The normalized spacial score (nSPS) is 20.0. The van der Waals surface area contributed by atoms with Crippen molar-refractivity contribution in [2.24, 2.45) is 0 Å². The van der Waals surface area contributed by atoms with Crippen LogP contribution >= 0.6 is 11.6 Å². The zero-order chi connectivity index (χ0) is 25.8. The second-order valence-electron chi connectivity index (χ2n) is 9.11. The predicted molar refractivity (Wildman–Crippen MR) is 130 cm³/mol. The summed E-state index contributed by atoms with van der Waals surface area (Å²) in [6.45, 7) is 3.39. The minimum absolute atomic E-state index is 0.0486. The Morgan fingerprint density at radius 1 is 1.03 bits per heavy atom. The maximum atomic E-state index is 14.4. The van der Waals surface area contributed by atoms with Gasteiger partial charge in [-0.25, -0.2) is 0 Å². The number of halogens is 4. The highest BCUT2D eigenvalue weighted by atomic mass is 35.5. The molecule has 0 spiro atoms. The summed E-state index contributed by atoms with van der Waals surface area (Å²) in [7, 11) is 0. The van der Waals surface area contributed by atoms with Gasteiger partial charge in [-0.2, -0.15) is 13.2 Å². The van der Waals surface area contributed by atoms with Crippen molar-refractivity contribution in [3.8, 4) is 5.75 Å². The molecule has 3 aromatic carbocycles. The average Bonchev–Trinajstić information content (AvgIpc) is 3.33. The molecule has 0 saturated carbocycles. The second kappa shape index (κ2) is 8.52. The minimum atomic E-state index is -4.68. The monoisotopic (exact) mass is 511 g/mol. The summed E-state index contributed by atoms with van der Waals surface area (Å²) in [5.41, 5.74) is -0.240. The SMILES string of the molecule is Cc1cc(Cl)cc(C2(C(F)(F)F)Cc3cc(C=CC(C)N4C(=O)c5ccccc5C4=O)ccc3O2)c1. The molecule has 3 aromatic rings. The topological polar surface area (TPSA) is 46.6 Å². The summed E-state index contributed by atoms with van der Waals surface area (Å²) in [4.78, 5) is 26.6. The van der Waals surface area contributed by atoms with Crippen LogP contribution in [-0.2, 0) is 12.0 Å². The molecule has 0 radical (unpaired) electrons. The Hall–Kier alpha value is -3.58. The number of hydrogen-bond donors (Lipinski definition) is 0. The molecule has 2 aliphatic heterocycles. The minimum Gasteiger partial charge on any atom is -0.472 e. The second-order valence-corrected chi connectivity index (χ2v) is 9.55. The molecule has 0 bridgehead atoms. The van der Waals surface area contributed by atoms with Crippen LogP contribution in [0.25, 0.3) is 6.08 Å². The highest BCUT2D eigenvalue weighted by molar-refractivity contribution is 6.30. The Labute approximate surface area is 210 Å². The van der Waals surface area contributed by atoms with E-state index in [9.17, 15) is 22.8 Å². The molecule has 2 unspecified atom stereocenters. The van der Waals surface area contributed by atoms with Crippen molar-refractivity contribution in [2.45, 2.75) is 38.1 Å². The van der Waals surface area contributed by atoms with E-state index in [0.29, 0.717) is 27.8 Å². The van der Waals surface area contributed by atoms with Crippen LogP contribution in [0.2, 0.25) is 5.02 Å². The van der Waals surface area contributed by atoms with Crippen LogP contribution in [0.15, 0.2) is 66.7 Å². The fraction of sp³-hybridized carbons (Fsp3) is 0.214. The molecule has 2 heterocycles. The van der Waals surface area contributed by atoms with Crippen molar-refractivity contribution in [2.75, 3.05) is 0 Å². The molecule has 2 amide bonds. The zero-order valence-corrected chi connectivity index (χ0v) is 20.2. The van der Waals surface area contributed by atoms with E-state index in [0.717, 1.165) is 0 Å². The smallest absolute Gasteiger partial charge is 0.432 e. The third-order valence-electron chi connectivity index (χ3n) is 6.57. The van der Waals surface area contributed by atoms with E-state index in [2.05, 4.69) is 0 Å². The Balaban J connectivity index is 1.41. The molecule has 36 heavy (non-hydrogen) atoms. The number of nitrogens with zero attached hydrogens (tertiary/aromatic N) is 1. The number of amides is 2. The van der Waals surface area contributed by atoms with Gasteiger partial charge in [0.05, 0.1) is 17.2 Å². The summed E-state index contributed by atoms with van der Waals surface area (Å²) in [5.74, 6) is -0.598. The van der Waals surface area contributed by atoms with Gasteiger partial charge in [0.15, 0.2) is 0 Å². The highest BCUT2D eigenvalue weighted by Crippen LogP contribution is 2.51. The number of alkyl halides is 3. The lowest BCUT2D eigenvalue weighted by Gasteiger charge is -2.32. The number of fused-ring (bicyclic) bond motifs is 2. The Morgan fingerprint density at radius 3 is 2.31 bits per heavy atom. The number of carbonyl (C=O) groups excluding carboxylic acids is 2. The molecular formula is C28H21ClF3NO3. The number of benzene rings is 3. The van der Waals surface area contributed by atoms with Crippen LogP contribution in [0.5, 0.6) is 5.75 Å². The van der Waals surface area contributed by atoms with E-state index in [4.69, 9.17) is 16.3 Å². The van der Waals surface area contributed by atoms with Gasteiger partial charge in [0.2, 0.25) is 5.60 Å². The molecule has 2 aliphatic rings. The zero-order valence-electron chi connectivity index (χ0n) is 19.4. The van der Waals surface area contributed by atoms with Gasteiger partial charge in [0, 0.05) is 17.0 Å². The molecule has 0 aromatic heterocycles. The van der Waals surface area contributed by atoms with Crippen LogP contribution in [0.1, 0.15) is 49.9 Å². The van der Waals surface area contributed by atoms with Crippen LogP contribution in [0.3, 0.4) is 0 Å². The maximum Gasteiger partial charge on any atom is 0.432 e. The first kappa shape index (κ1) is 24.1. The maximum absolute atomic E-state index is 14.4. The predicted octanol–water partition coefficient (Wildman–Crippen LogP) is 6.74. The van der Waals surface area contributed by atoms with Gasteiger partial charge >= 0.3 is 6.18 Å². The summed E-state index contributed by atoms with van der Waals surface area (Å²) >= 11 is 6.07. The van der Waals surface area contributed by atoms with Crippen LogP contribution in [0, 0.1) is 6.92 Å². The van der Waals surface area contributed by atoms with Gasteiger partial charge in [-0.3, -0.25) is 14.5 Å². The number of hydrogen-bond acceptors (Lipinski definition) is 3. The van der Waals surface area contributed by atoms with Crippen molar-refractivity contribution < 1.29 is 27.5 Å². The van der Waals surface area contributed by atoms with Gasteiger partial charge in [-0.05, 0) is 66.9 Å². The van der Waals surface area contributed by atoms with Crippen molar-refractivity contribution in [3.63, 3.8) is 0 Å². The van der Waals surface area contributed by atoms with E-state index >= 15 is 0 Å².